The van der Waals surface area contributed by atoms with Crippen LogP contribution in [0.25, 0.3) is 5.57 Å². The first-order valence-electron chi connectivity index (χ1n) is 12.8. The molecule has 0 bridgehead atoms. The molecule has 2 fully saturated rings. The minimum atomic E-state index is 0.322. The molecule has 7 heteroatoms. The number of carbonyl (C=O) groups excluding carboxylic acids is 1. The van der Waals surface area contributed by atoms with Crippen molar-refractivity contribution in [3.63, 3.8) is 0 Å². The van der Waals surface area contributed by atoms with Crippen molar-refractivity contribution in [3.8, 4) is 0 Å². The Balaban J connectivity index is 0.00000141. The Morgan fingerprint density at radius 1 is 1.06 bits per heavy atom. The second-order valence-electron chi connectivity index (χ2n) is 9.34. The molecule has 5 rings (SSSR count). The molecule has 4 nitrogen and oxygen atoms in total. The summed E-state index contributed by atoms with van der Waals surface area (Å²) >= 11 is 13.8. The van der Waals surface area contributed by atoms with E-state index >= 15 is 0 Å². The smallest absolute Gasteiger partial charge is 0.222 e. The lowest BCUT2D eigenvalue weighted by atomic mass is 9.88. The van der Waals surface area contributed by atoms with Gasteiger partial charge in [0.15, 0.2) is 0 Å². The number of likely N-dealkylation sites (tertiary alicyclic amines) is 1. The fourth-order valence-corrected chi connectivity index (χ4v) is 6.92. The zero-order chi connectivity index (χ0) is 24.9. The zero-order valence-corrected chi connectivity index (χ0v) is 24.5. The lowest BCUT2D eigenvalue weighted by Gasteiger charge is -2.32. The van der Waals surface area contributed by atoms with E-state index in [0.29, 0.717) is 18.2 Å². The first-order chi connectivity index (χ1) is 17.0. The van der Waals surface area contributed by atoms with Gasteiger partial charge in [-0.25, -0.2) is 0 Å². The van der Waals surface area contributed by atoms with Crippen LogP contribution >= 0.6 is 43.5 Å². The van der Waals surface area contributed by atoms with Gasteiger partial charge in [-0.15, -0.1) is 0 Å². The van der Waals surface area contributed by atoms with E-state index in [-0.39, 0.29) is 0 Å². The van der Waals surface area contributed by atoms with Crippen molar-refractivity contribution in [3.05, 3.63) is 66.3 Å². The molecular weight excluding hydrogens is 590 g/mol. The number of rotatable bonds is 2. The molecule has 0 radical (unpaired) electrons. The minimum absolute atomic E-state index is 0.322. The first-order valence-corrected chi connectivity index (χ1v) is 14.8. The molecule has 0 spiro atoms. The first kappa shape index (κ1) is 26.8. The number of fused-ring (bicyclic) bond motifs is 2. The standard InChI is InChI=1S/C26H28Br2ClN3O.C2H6/c27-20-12-19-2-1-18-13-21(29)14-22(28)24(18)25(26(19)31-15-20)17-5-9-32(10-6-17)23(33)11-16-3-7-30-8-4-16;1-2/h12-16,30H,1-11H2;1-2H3. The average Bonchev–Trinajstić information content (AvgIpc) is 3.03. The van der Waals surface area contributed by atoms with E-state index in [2.05, 4.69) is 54.2 Å². The average molecular weight is 624 g/mol. The highest BCUT2D eigenvalue weighted by molar-refractivity contribution is 9.10. The van der Waals surface area contributed by atoms with Crippen LogP contribution in [0.2, 0.25) is 5.02 Å². The molecule has 188 valence electrons. The summed E-state index contributed by atoms with van der Waals surface area (Å²) in [7, 11) is 0. The quantitative estimate of drug-likeness (QED) is 0.385. The predicted molar refractivity (Wildman–Crippen MR) is 152 cm³/mol. The minimum Gasteiger partial charge on any atom is -0.342 e. The summed E-state index contributed by atoms with van der Waals surface area (Å²) in [6.07, 6.45) is 8.44. The molecule has 2 saturated heterocycles. The SMILES string of the molecule is CC.O=C(CC1CCNCC1)N1CCC(=C2c3ncc(Br)cc3CCc3cc(Cl)cc(Br)c32)CC1. The summed E-state index contributed by atoms with van der Waals surface area (Å²) in [5.41, 5.74) is 7.44. The van der Waals surface area contributed by atoms with Crippen molar-refractivity contribution < 1.29 is 4.79 Å². The van der Waals surface area contributed by atoms with Crippen LogP contribution in [-0.4, -0.2) is 42.0 Å². The molecule has 1 aromatic heterocycles. The molecule has 2 aromatic rings. The number of aromatic nitrogens is 1. The van der Waals surface area contributed by atoms with E-state index in [4.69, 9.17) is 16.6 Å². The van der Waals surface area contributed by atoms with Crippen LogP contribution in [0.15, 0.2) is 38.9 Å². The van der Waals surface area contributed by atoms with Crippen molar-refractivity contribution in [2.75, 3.05) is 26.2 Å². The van der Waals surface area contributed by atoms with Gasteiger partial charge in [-0.1, -0.05) is 47.0 Å². The second-order valence-corrected chi connectivity index (χ2v) is 11.5. The van der Waals surface area contributed by atoms with Crippen molar-refractivity contribution in [2.45, 2.75) is 58.8 Å². The summed E-state index contributed by atoms with van der Waals surface area (Å²) in [5.74, 6) is 0.852. The summed E-state index contributed by atoms with van der Waals surface area (Å²) < 4.78 is 2.03. The van der Waals surface area contributed by atoms with Crippen LogP contribution in [-0.2, 0) is 17.6 Å². The number of amides is 1. The maximum absolute atomic E-state index is 13.0. The fourth-order valence-electron chi connectivity index (χ4n) is 5.47. The summed E-state index contributed by atoms with van der Waals surface area (Å²) in [6, 6.07) is 6.28. The van der Waals surface area contributed by atoms with Gasteiger partial charge < -0.3 is 10.2 Å². The van der Waals surface area contributed by atoms with Gasteiger partial charge in [0.2, 0.25) is 5.91 Å². The highest BCUT2D eigenvalue weighted by atomic mass is 79.9. The molecule has 2 aliphatic heterocycles. The molecule has 1 N–H and O–H groups in total. The van der Waals surface area contributed by atoms with E-state index in [0.717, 1.165) is 84.4 Å². The van der Waals surface area contributed by atoms with Gasteiger partial charge in [0, 0.05) is 50.8 Å². The molecule has 1 aliphatic carbocycles. The Morgan fingerprint density at radius 2 is 1.74 bits per heavy atom. The van der Waals surface area contributed by atoms with Gasteiger partial charge in [0.25, 0.3) is 0 Å². The molecule has 1 aromatic carbocycles. The monoisotopic (exact) mass is 621 g/mol. The van der Waals surface area contributed by atoms with Crippen LogP contribution in [0.3, 0.4) is 0 Å². The van der Waals surface area contributed by atoms with E-state index in [1.807, 2.05) is 26.1 Å². The van der Waals surface area contributed by atoms with Crippen molar-refractivity contribution in [2.24, 2.45) is 5.92 Å². The third-order valence-corrected chi connectivity index (χ3v) is 8.49. The lowest BCUT2D eigenvalue weighted by Crippen LogP contribution is -2.39. The van der Waals surface area contributed by atoms with Crippen molar-refractivity contribution in [1.82, 2.24) is 15.2 Å². The fraction of sp³-hybridized carbons (Fsp3) is 0.500. The molecule has 0 unspecified atom stereocenters. The van der Waals surface area contributed by atoms with Crippen LogP contribution < -0.4 is 5.32 Å². The lowest BCUT2D eigenvalue weighted by molar-refractivity contribution is -0.132. The summed E-state index contributed by atoms with van der Waals surface area (Å²) in [6.45, 7) is 7.65. The number of hydrogen-bond acceptors (Lipinski definition) is 3. The molecule has 1 amide bonds. The van der Waals surface area contributed by atoms with Crippen LogP contribution in [0, 0.1) is 5.92 Å². The second kappa shape index (κ2) is 12.4. The number of piperidine rings is 2. The number of hydrogen-bond donors (Lipinski definition) is 1. The third kappa shape index (κ3) is 6.20. The van der Waals surface area contributed by atoms with Gasteiger partial charge in [-0.3, -0.25) is 9.78 Å². The Hall–Kier alpha value is -1.21. The molecular formula is C28H34Br2ClN3O. The van der Waals surface area contributed by atoms with E-state index in [1.165, 1.54) is 27.8 Å². The van der Waals surface area contributed by atoms with Crippen molar-refractivity contribution in [1.29, 1.82) is 0 Å². The zero-order valence-electron chi connectivity index (χ0n) is 20.6. The van der Waals surface area contributed by atoms with E-state index in [9.17, 15) is 4.79 Å². The van der Waals surface area contributed by atoms with E-state index in [1.54, 1.807) is 0 Å². The van der Waals surface area contributed by atoms with E-state index < -0.39 is 0 Å². The number of nitrogens with one attached hydrogen (secondary N) is 1. The number of halogens is 3. The summed E-state index contributed by atoms with van der Waals surface area (Å²) in [5, 5.41) is 4.14. The highest BCUT2D eigenvalue weighted by Crippen LogP contribution is 2.42. The van der Waals surface area contributed by atoms with Gasteiger partial charge in [0.05, 0.1) is 5.69 Å². The normalized spacial score (nSPS) is 18.3. The van der Waals surface area contributed by atoms with Gasteiger partial charge >= 0.3 is 0 Å². The molecule has 0 atom stereocenters. The molecule has 35 heavy (non-hydrogen) atoms. The van der Waals surface area contributed by atoms with Crippen LogP contribution in [0.1, 0.15) is 68.3 Å². The number of aryl methyl sites for hydroxylation is 2. The number of carbonyl (C=O) groups is 1. The Labute approximate surface area is 231 Å². The highest BCUT2D eigenvalue weighted by Gasteiger charge is 2.29. The topological polar surface area (TPSA) is 45.2 Å². The van der Waals surface area contributed by atoms with Crippen LogP contribution in [0.4, 0.5) is 0 Å². The maximum atomic E-state index is 13.0. The molecule has 3 aliphatic rings. The third-order valence-electron chi connectivity index (χ3n) is 7.22. The predicted octanol–water partition coefficient (Wildman–Crippen LogP) is 7.20. The number of pyridine rings is 1. The van der Waals surface area contributed by atoms with Gasteiger partial charge in [-0.05, 0) is 103 Å². The van der Waals surface area contributed by atoms with Crippen LogP contribution in [0.5, 0.6) is 0 Å². The maximum Gasteiger partial charge on any atom is 0.222 e. The van der Waals surface area contributed by atoms with Gasteiger partial charge in [0.1, 0.15) is 0 Å². The number of benzene rings is 1. The Kier molecular flexibility index (Phi) is 9.47. The van der Waals surface area contributed by atoms with Crippen molar-refractivity contribution >= 4 is 54.9 Å². The van der Waals surface area contributed by atoms with Gasteiger partial charge in [-0.2, -0.15) is 0 Å². The molecule has 0 saturated carbocycles. The largest absolute Gasteiger partial charge is 0.342 e. The Morgan fingerprint density at radius 3 is 2.46 bits per heavy atom. The Bertz CT molecular complexity index is 1100. The number of nitrogens with zero attached hydrogens (tertiary/aromatic N) is 2. The summed E-state index contributed by atoms with van der Waals surface area (Å²) in [4.78, 5) is 19.9. The molecule has 3 heterocycles.